The van der Waals surface area contributed by atoms with Crippen LogP contribution in [-0.2, 0) is 4.79 Å². The zero-order valence-corrected chi connectivity index (χ0v) is 17.5. The molecule has 27 heavy (non-hydrogen) atoms. The third-order valence-corrected chi connectivity index (χ3v) is 6.44. The Morgan fingerprint density at radius 1 is 0.926 bits per heavy atom. The fourth-order valence-electron chi connectivity index (χ4n) is 4.51. The summed E-state index contributed by atoms with van der Waals surface area (Å²) in [5, 5.41) is 0. The Kier molecular flexibility index (Phi) is 9.24. The first-order chi connectivity index (χ1) is 13.1. The van der Waals surface area contributed by atoms with E-state index in [0.29, 0.717) is 11.0 Å². The molecular weight excluding hydrogens is 332 g/mol. The largest absolute Gasteiger partial charge is 0.290 e. The molecule has 0 spiro atoms. The van der Waals surface area contributed by atoms with Crippen LogP contribution in [0.4, 0.5) is 0 Å². The van der Waals surface area contributed by atoms with Gasteiger partial charge in [0.25, 0.3) is 0 Å². The molecule has 0 N–H and O–H groups in total. The SMILES string of the molecule is CCCCCCCCCC1(C)CCCC(C(=O)C(=O)c2ccccc2)CC1. The predicted octanol–water partition coefficient (Wildman–Crippen LogP) is 7.17. The summed E-state index contributed by atoms with van der Waals surface area (Å²) in [6.07, 6.45) is 15.8. The molecule has 0 saturated heterocycles. The second-order valence-electron chi connectivity index (χ2n) is 8.87. The van der Waals surface area contributed by atoms with Gasteiger partial charge in [0.1, 0.15) is 0 Å². The van der Waals surface area contributed by atoms with Crippen LogP contribution in [0, 0.1) is 11.3 Å². The van der Waals surface area contributed by atoms with Crippen LogP contribution in [0.2, 0.25) is 0 Å². The molecule has 0 bridgehead atoms. The standard InChI is InChI=1S/C25H38O2/c1-3-4-5-6-7-8-12-18-25(2)19-13-16-22(17-20-25)24(27)23(26)21-14-10-9-11-15-21/h9-11,14-15,22H,3-8,12-13,16-20H2,1-2H3. The van der Waals surface area contributed by atoms with Crippen LogP contribution in [0.25, 0.3) is 0 Å². The topological polar surface area (TPSA) is 34.1 Å². The summed E-state index contributed by atoms with van der Waals surface area (Å²) in [5.41, 5.74) is 0.895. The Balaban J connectivity index is 1.76. The smallest absolute Gasteiger partial charge is 0.228 e. The maximum atomic E-state index is 12.7. The molecule has 1 fully saturated rings. The highest BCUT2D eigenvalue weighted by molar-refractivity contribution is 6.44. The average molecular weight is 371 g/mol. The molecular formula is C25H38O2. The lowest BCUT2D eigenvalue weighted by Crippen LogP contribution is -2.24. The molecule has 2 atom stereocenters. The van der Waals surface area contributed by atoms with E-state index in [-0.39, 0.29) is 17.5 Å². The molecule has 2 heteroatoms. The van der Waals surface area contributed by atoms with Crippen molar-refractivity contribution in [3.05, 3.63) is 35.9 Å². The third kappa shape index (κ3) is 7.24. The lowest BCUT2D eigenvalue weighted by atomic mass is 9.77. The van der Waals surface area contributed by atoms with E-state index in [0.717, 1.165) is 25.7 Å². The van der Waals surface area contributed by atoms with Gasteiger partial charge in [-0.05, 0) is 37.5 Å². The van der Waals surface area contributed by atoms with Crippen molar-refractivity contribution in [1.29, 1.82) is 0 Å². The number of ketones is 2. The summed E-state index contributed by atoms with van der Waals surface area (Å²) in [4.78, 5) is 25.2. The molecule has 1 saturated carbocycles. The van der Waals surface area contributed by atoms with Gasteiger partial charge in [0, 0.05) is 11.5 Å². The Labute approximate surface area is 166 Å². The molecule has 2 nitrogen and oxygen atoms in total. The van der Waals surface area contributed by atoms with E-state index in [9.17, 15) is 9.59 Å². The number of unbranched alkanes of at least 4 members (excludes halogenated alkanes) is 6. The van der Waals surface area contributed by atoms with Crippen molar-refractivity contribution in [2.24, 2.45) is 11.3 Å². The van der Waals surface area contributed by atoms with Crippen molar-refractivity contribution in [2.75, 3.05) is 0 Å². The van der Waals surface area contributed by atoms with Crippen LogP contribution >= 0.6 is 0 Å². The van der Waals surface area contributed by atoms with E-state index in [1.165, 1.54) is 57.8 Å². The minimum Gasteiger partial charge on any atom is -0.290 e. The Morgan fingerprint density at radius 3 is 2.30 bits per heavy atom. The molecule has 2 unspecified atom stereocenters. The minimum atomic E-state index is -0.295. The van der Waals surface area contributed by atoms with E-state index in [2.05, 4.69) is 13.8 Å². The molecule has 0 aromatic heterocycles. The van der Waals surface area contributed by atoms with Crippen LogP contribution in [0.5, 0.6) is 0 Å². The van der Waals surface area contributed by atoms with Gasteiger partial charge in [-0.3, -0.25) is 9.59 Å². The number of carbonyl (C=O) groups excluding carboxylic acids is 2. The summed E-state index contributed by atoms with van der Waals surface area (Å²) < 4.78 is 0. The quantitative estimate of drug-likeness (QED) is 0.179. The molecule has 2 rings (SSSR count). The zero-order valence-electron chi connectivity index (χ0n) is 17.5. The number of benzene rings is 1. The lowest BCUT2D eigenvalue weighted by Gasteiger charge is -2.28. The summed E-state index contributed by atoms with van der Waals surface area (Å²) in [7, 11) is 0. The van der Waals surface area contributed by atoms with Gasteiger partial charge >= 0.3 is 0 Å². The summed E-state index contributed by atoms with van der Waals surface area (Å²) in [6.45, 7) is 4.66. The highest BCUT2D eigenvalue weighted by Crippen LogP contribution is 2.41. The molecule has 0 aliphatic heterocycles. The van der Waals surface area contributed by atoms with Crippen molar-refractivity contribution in [2.45, 2.75) is 97.3 Å². The average Bonchev–Trinajstić information content (AvgIpc) is 2.89. The first-order valence-electron chi connectivity index (χ1n) is 11.2. The van der Waals surface area contributed by atoms with Crippen LogP contribution in [0.1, 0.15) is 108 Å². The second-order valence-corrected chi connectivity index (χ2v) is 8.87. The molecule has 0 heterocycles. The first kappa shape index (κ1) is 21.9. The highest BCUT2D eigenvalue weighted by atomic mass is 16.2. The van der Waals surface area contributed by atoms with Crippen molar-refractivity contribution in [3.8, 4) is 0 Å². The second kappa shape index (κ2) is 11.4. The summed E-state index contributed by atoms with van der Waals surface area (Å²) in [6, 6.07) is 9.03. The minimum absolute atomic E-state index is 0.0754. The van der Waals surface area contributed by atoms with Crippen LogP contribution in [0.15, 0.2) is 30.3 Å². The fraction of sp³-hybridized carbons (Fsp3) is 0.680. The zero-order chi connectivity index (χ0) is 19.5. The first-order valence-corrected chi connectivity index (χ1v) is 11.2. The summed E-state index contributed by atoms with van der Waals surface area (Å²) in [5.74, 6) is -0.536. The van der Waals surface area contributed by atoms with E-state index < -0.39 is 0 Å². The molecule has 1 aliphatic carbocycles. The predicted molar refractivity (Wildman–Crippen MR) is 113 cm³/mol. The Hall–Kier alpha value is -1.44. The van der Waals surface area contributed by atoms with Gasteiger partial charge in [-0.15, -0.1) is 0 Å². The van der Waals surface area contributed by atoms with Gasteiger partial charge in [-0.1, -0.05) is 95.5 Å². The normalized spacial score (nSPS) is 23.0. The third-order valence-electron chi connectivity index (χ3n) is 6.44. The van der Waals surface area contributed by atoms with Crippen LogP contribution < -0.4 is 0 Å². The monoisotopic (exact) mass is 370 g/mol. The van der Waals surface area contributed by atoms with Crippen molar-refractivity contribution < 1.29 is 9.59 Å². The van der Waals surface area contributed by atoms with Crippen LogP contribution in [-0.4, -0.2) is 11.6 Å². The van der Waals surface area contributed by atoms with Crippen molar-refractivity contribution >= 4 is 11.6 Å². The molecule has 0 radical (unpaired) electrons. The Bertz CT molecular complexity index is 577. The molecule has 1 aromatic rings. The fourth-order valence-corrected chi connectivity index (χ4v) is 4.51. The van der Waals surface area contributed by atoms with Gasteiger partial charge in [-0.25, -0.2) is 0 Å². The van der Waals surface area contributed by atoms with Gasteiger partial charge < -0.3 is 0 Å². The molecule has 150 valence electrons. The van der Waals surface area contributed by atoms with E-state index in [1.807, 2.05) is 18.2 Å². The number of Topliss-reactive ketones (excluding diaryl/α,β-unsaturated/α-hetero) is 2. The maximum Gasteiger partial charge on any atom is 0.228 e. The Morgan fingerprint density at radius 2 is 1.59 bits per heavy atom. The molecule has 1 aromatic carbocycles. The summed E-state index contributed by atoms with van der Waals surface area (Å²) >= 11 is 0. The van der Waals surface area contributed by atoms with Crippen molar-refractivity contribution in [1.82, 2.24) is 0 Å². The number of carbonyl (C=O) groups is 2. The highest BCUT2D eigenvalue weighted by Gasteiger charge is 2.33. The number of hydrogen-bond donors (Lipinski definition) is 0. The van der Waals surface area contributed by atoms with Crippen molar-refractivity contribution in [3.63, 3.8) is 0 Å². The number of rotatable bonds is 11. The van der Waals surface area contributed by atoms with Gasteiger partial charge in [-0.2, -0.15) is 0 Å². The van der Waals surface area contributed by atoms with Crippen LogP contribution in [0.3, 0.4) is 0 Å². The van der Waals surface area contributed by atoms with Gasteiger partial charge in [0.05, 0.1) is 0 Å². The number of hydrogen-bond acceptors (Lipinski definition) is 2. The lowest BCUT2D eigenvalue weighted by molar-refractivity contribution is -0.119. The molecule has 0 amide bonds. The molecule has 1 aliphatic rings. The van der Waals surface area contributed by atoms with E-state index in [4.69, 9.17) is 0 Å². The maximum absolute atomic E-state index is 12.7. The van der Waals surface area contributed by atoms with E-state index >= 15 is 0 Å². The van der Waals surface area contributed by atoms with Gasteiger partial charge in [0.15, 0.2) is 0 Å². The van der Waals surface area contributed by atoms with Gasteiger partial charge in [0.2, 0.25) is 11.6 Å². The van der Waals surface area contributed by atoms with E-state index in [1.54, 1.807) is 12.1 Å².